The molecule has 1 atom stereocenters. The minimum atomic E-state index is -3.59. The lowest BCUT2D eigenvalue weighted by Crippen LogP contribution is -2.43. The normalized spacial score (nSPS) is 12.7. The molecule has 0 fully saturated rings. The zero-order valence-corrected chi connectivity index (χ0v) is 13.2. The quantitative estimate of drug-likeness (QED) is 0.844. The third kappa shape index (κ3) is 5.35. The van der Waals surface area contributed by atoms with Crippen LogP contribution in [0, 0.1) is 0 Å². The first kappa shape index (κ1) is 17.5. The summed E-state index contributed by atoms with van der Waals surface area (Å²) in [6.07, 6.45) is 0.941. The number of carbonyl (C=O) groups excluding carboxylic acids is 1. The van der Waals surface area contributed by atoms with Gasteiger partial charge < -0.3 is 10.0 Å². The number of hydrogen-bond donors (Lipinski definition) is 1. The van der Waals surface area contributed by atoms with Crippen molar-refractivity contribution >= 4 is 33.3 Å². The lowest BCUT2D eigenvalue weighted by Gasteiger charge is -2.23. The number of carboxylic acid groups (broad SMARTS) is 1. The first-order valence-corrected chi connectivity index (χ1v) is 8.38. The smallest absolute Gasteiger partial charge is 0.323 e. The fourth-order valence-electron chi connectivity index (χ4n) is 1.63. The van der Waals surface area contributed by atoms with E-state index in [0.29, 0.717) is 10.6 Å². The van der Waals surface area contributed by atoms with E-state index in [1.807, 2.05) is 0 Å². The molecule has 1 unspecified atom stereocenters. The molecule has 8 heteroatoms. The van der Waals surface area contributed by atoms with Gasteiger partial charge in [0.1, 0.15) is 11.8 Å². The number of halogens is 1. The standard InChI is InChI=1S/C13H16ClNO5S/c1-9(21(2,19)20)13(18)15(8-12(16)17)7-10-3-5-11(14)6-4-10/h3-6,9H,7-8H2,1-2H3,(H,16,17). The van der Waals surface area contributed by atoms with E-state index in [-0.39, 0.29) is 6.54 Å². The first-order chi connectivity index (χ1) is 9.61. The van der Waals surface area contributed by atoms with Gasteiger partial charge in [-0.15, -0.1) is 0 Å². The van der Waals surface area contributed by atoms with Gasteiger partial charge in [0.05, 0.1) is 0 Å². The molecule has 116 valence electrons. The third-order valence-corrected chi connectivity index (χ3v) is 4.65. The number of sulfone groups is 1. The van der Waals surface area contributed by atoms with Gasteiger partial charge >= 0.3 is 5.97 Å². The van der Waals surface area contributed by atoms with Crippen molar-refractivity contribution < 1.29 is 23.1 Å². The van der Waals surface area contributed by atoms with Crippen LogP contribution in [0.3, 0.4) is 0 Å². The molecule has 21 heavy (non-hydrogen) atoms. The highest BCUT2D eigenvalue weighted by Crippen LogP contribution is 2.13. The van der Waals surface area contributed by atoms with Crippen LogP contribution in [0.25, 0.3) is 0 Å². The van der Waals surface area contributed by atoms with E-state index in [4.69, 9.17) is 16.7 Å². The Morgan fingerprint density at radius 3 is 2.24 bits per heavy atom. The average molecular weight is 334 g/mol. The molecule has 1 N–H and O–H groups in total. The summed E-state index contributed by atoms with van der Waals surface area (Å²) in [5.41, 5.74) is 0.662. The van der Waals surface area contributed by atoms with Gasteiger partial charge in [-0.25, -0.2) is 8.42 Å². The van der Waals surface area contributed by atoms with Gasteiger partial charge in [0.25, 0.3) is 0 Å². The van der Waals surface area contributed by atoms with Gasteiger partial charge in [-0.1, -0.05) is 23.7 Å². The zero-order valence-electron chi connectivity index (χ0n) is 11.6. The Bertz CT molecular complexity index is 626. The van der Waals surface area contributed by atoms with Crippen molar-refractivity contribution in [1.82, 2.24) is 4.90 Å². The Hall–Kier alpha value is -1.60. The molecule has 1 aromatic rings. The van der Waals surface area contributed by atoms with E-state index < -0.39 is 33.5 Å². The van der Waals surface area contributed by atoms with E-state index in [1.165, 1.54) is 6.92 Å². The number of aliphatic carboxylic acids is 1. The van der Waals surface area contributed by atoms with Crippen LogP contribution >= 0.6 is 11.6 Å². The highest BCUT2D eigenvalue weighted by Gasteiger charge is 2.29. The highest BCUT2D eigenvalue weighted by molar-refractivity contribution is 7.92. The number of nitrogens with zero attached hydrogens (tertiary/aromatic N) is 1. The molecule has 0 saturated heterocycles. The SMILES string of the molecule is CC(C(=O)N(CC(=O)O)Cc1ccc(Cl)cc1)S(C)(=O)=O. The van der Waals surface area contributed by atoms with Crippen molar-refractivity contribution in [2.24, 2.45) is 0 Å². The minimum Gasteiger partial charge on any atom is -0.480 e. The number of carboxylic acids is 1. The molecule has 0 aromatic heterocycles. The fourth-order valence-corrected chi connectivity index (χ4v) is 2.27. The van der Waals surface area contributed by atoms with Crippen LogP contribution < -0.4 is 0 Å². The lowest BCUT2D eigenvalue weighted by atomic mass is 10.2. The molecule has 0 heterocycles. The van der Waals surface area contributed by atoms with Gasteiger partial charge in [0.2, 0.25) is 5.91 Å². The largest absolute Gasteiger partial charge is 0.480 e. The Morgan fingerprint density at radius 1 is 1.29 bits per heavy atom. The molecule has 0 bridgehead atoms. The van der Waals surface area contributed by atoms with Crippen LogP contribution in [-0.2, 0) is 26.0 Å². The minimum absolute atomic E-state index is 0.00215. The summed E-state index contributed by atoms with van der Waals surface area (Å²) in [6, 6.07) is 6.52. The topological polar surface area (TPSA) is 91.8 Å². The van der Waals surface area contributed by atoms with Crippen LogP contribution in [0.2, 0.25) is 5.02 Å². The maximum atomic E-state index is 12.2. The number of rotatable bonds is 6. The number of hydrogen-bond acceptors (Lipinski definition) is 4. The molecule has 1 amide bonds. The first-order valence-electron chi connectivity index (χ1n) is 6.05. The van der Waals surface area contributed by atoms with E-state index >= 15 is 0 Å². The van der Waals surface area contributed by atoms with Gasteiger partial charge in [0, 0.05) is 17.8 Å². The number of benzene rings is 1. The Balaban J connectivity index is 2.97. The zero-order chi connectivity index (χ0) is 16.2. The summed E-state index contributed by atoms with van der Waals surface area (Å²) in [6.45, 7) is 0.678. The summed E-state index contributed by atoms with van der Waals surface area (Å²) in [7, 11) is -3.59. The van der Waals surface area contributed by atoms with E-state index in [9.17, 15) is 18.0 Å². The fraction of sp³-hybridized carbons (Fsp3) is 0.385. The maximum absolute atomic E-state index is 12.2. The van der Waals surface area contributed by atoms with E-state index in [0.717, 1.165) is 11.2 Å². The molecule has 0 saturated carbocycles. The van der Waals surface area contributed by atoms with Gasteiger partial charge in [0.15, 0.2) is 9.84 Å². The molecular formula is C13H16ClNO5S. The van der Waals surface area contributed by atoms with Crippen LogP contribution in [0.4, 0.5) is 0 Å². The Labute approximate surface area is 128 Å². The summed E-state index contributed by atoms with van der Waals surface area (Å²) < 4.78 is 22.9. The van der Waals surface area contributed by atoms with Gasteiger partial charge in [-0.2, -0.15) is 0 Å². The van der Waals surface area contributed by atoms with Crippen molar-refractivity contribution in [3.63, 3.8) is 0 Å². The molecule has 0 aliphatic heterocycles. The second kappa shape index (κ2) is 6.91. The van der Waals surface area contributed by atoms with E-state index in [1.54, 1.807) is 24.3 Å². The monoisotopic (exact) mass is 333 g/mol. The molecular weight excluding hydrogens is 318 g/mol. The summed E-state index contributed by atoms with van der Waals surface area (Å²) in [4.78, 5) is 24.0. The van der Waals surface area contributed by atoms with Crippen molar-refractivity contribution in [1.29, 1.82) is 0 Å². The molecule has 0 spiro atoms. The summed E-state index contributed by atoms with van der Waals surface area (Å²) >= 11 is 5.75. The molecule has 1 aromatic carbocycles. The lowest BCUT2D eigenvalue weighted by molar-refractivity contribution is -0.144. The maximum Gasteiger partial charge on any atom is 0.323 e. The number of carbonyl (C=O) groups is 2. The van der Waals surface area contributed by atoms with Crippen LogP contribution in [-0.4, -0.2) is 48.4 Å². The van der Waals surface area contributed by atoms with Crippen molar-refractivity contribution in [2.75, 3.05) is 12.8 Å². The second-order valence-corrected chi connectivity index (χ2v) is 7.49. The van der Waals surface area contributed by atoms with Crippen molar-refractivity contribution in [2.45, 2.75) is 18.7 Å². The summed E-state index contributed by atoms with van der Waals surface area (Å²) in [5.74, 6) is -1.95. The van der Waals surface area contributed by atoms with Crippen LogP contribution in [0.15, 0.2) is 24.3 Å². The molecule has 0 radical (unpaired) electrons. The Morgan fingerprint density at radius 2 is 1.81 bits per heavy atom. The predicted octanol–water partition coefficient (Wildman–Crippen LogP) is 1.19. The molecule has 6 nitrogen and oxygen atoms in total. The van der Waals surface area contributed by atoms with Crippen molar-refractivity contribution in [3.8, 4) is 0 Å². The van der Waals surface area contributed by atoms with E-state index in [2.05, 4.69) is 0 Å². The second-order valence-electron chi connectivity index (χ2n) is 4.69. The van der Waals surface area contributed by atoms with Gasteiger partial charge in [-0.05, 0) is 24.6 Å². The molecule has 0 aliphatic carbocycles. The molecule has 0 aliphatic rings. The van der Waals surface area contributed by atoms with Crippen molar-refractivity contribution in [3.05, 3.63) is 34.9 Å². The number of amides is 1. The third-order valence-electron chi connectivity index (χ3n) is 2.91. The average Bonchev–Trinajstić information content (AvgIpc) is 2.37. The molecule has 1 rings (SSSR count). The predicted molar refractivity (Wildman–Crippen MR) is 78.8 cm³/mol. The van der Waals surface area contributed by atoms with Crippen LogP contribution in [0.5, 0.6) is 0 Å². The highest BCUT2D eigenvalue weighted by atomic mass is 35.5. The van der Waals surface area contributed by atoms with Crippen LogP contribution in [0.1, 0.15) is 12.5 Å². The Kier molecular flexibility index (Phi) is 5.74. The van der Waals surface area contributed by atoms with Gasteiger partial charge in [-0.3, -0.25) is 9.59 Å². The summed E-state index contributed by atoms with van der Waals surface area (Å²) in [5, 5.41) is 8.10.